The molecule has 0 unspecified atom stereocenters. The lowest BCUT2D eigenvalue weighted by Gasteiger charge is -2.17. The van der Waals surface area contributed by atoms with Gasteiger partial charge in [-0.3, -0.25) is 4.79 Å². The van der Waals surface area contributed by atoms with E-state index >= 15 is 0 Å². The maximum atomic E-state index is 13.2. The van der Waals surface area contributed by atoms with Gasteiger partial charge < -0.3 is 25.3 Å². The first kappa shape index (κ1) is 20.4. The summed E-state index contributed by atoms with van der Waals surface area (Å²) in [5.41, 5.74) is 6.00. The van der Waals surface area contributed by atoms with Crippen molar-refractivity contribution in [3.63, 3.8) is 0 Å². The molecule has 0 bridgehead atoms. The highest BCUT2D eigenvalue weighted by Gasteiger charge is 2.28. The van der Waals surface area contributed by atoms with E-state index in [0.29, 0.717) is 5.75 Å². The van der Waals surface area contributed by atoms with Crippen LogP contribution in [0.15, 0.2) is 42.5 Å². The minimum Gasteiger partial charge on any atom is -0.493 e. The van der Waals surface area contributed by atoms with Crippen LogP contribution in [0.2, 0.25) is 0 Å². The number of ether oxygens (including phenoxy) is 3. The number of carbonyl (C=O) groups excluding carboxylic acids is 1. The molecule has 8 heteroatoms. The number of hydrogen-bond acceptors (Lipinski definition) is 5. The standard InChI is InChI=1S/C19H22F2N2O4/c1-25-15-8-14(18(24)23-12-19(20,21)11-22)9-16(26-2)17(15)27-10-13-6-4-3-5-7-13/h3-9H,10-12,22H2,1-2H3,(H,23,24). The minimum atomic E-state index is -3.18. The summed E-state index contributed by atoms with van der Waals surface area (Å²) in [5.74, 6) is -3.06. The Morgan fingerprint density at radius 3 is 2.22 bits per heavy atom. The molecule has 0 heterocycles. The third-order valence-electron chi connectivity index (χ3n) is 3.76. The first-order valence-corrected chi connectivity index (χ1v) is 8.19. The molecule has 0 saturated carbocycles. The first-order chi connectivity index (χ1) is 12.9. The number of halogens is 2. The molecular formula is C19H22F2N2O4. The fourth-order valence-corrected chi connectivity index (χ4v) is 2.27. The molecule has 2 aromatic rings. The van der Waals surface area contributed by atoms with Crippen LogP contribution < -0.4 is 25.3 Å². The van der Waals surface area contributed by atoms with Crippen LogP contribution in [0.5, 0.6) is 17.2 Å². The van der Waals surface area contributed by atoms with Crippen LogP contribution in [-0.2, 0) is 6.61 Å². The number of nitrogens with two attached hydrogens (primary N) is 1. The number of nitrogens with one attached hydrogen (secondary N) is 1. The van der Waals surface area contributed by atoms with Crippen LogP contribution in [0.25, 0.3) is 0 Å². The molecule has 0 spiro atoms. The van der Waals surface area contributed by atoms with Crippen molar-refractivity contribution in [2.75, 3.05) is 27.3 Å². The number of benzene rings is 2. The van der Waals surface area contributed by atoms with Gasteiger partial charge in [0.1, 0.15) is 6.61 Å². The molecule has 0 atom stereocenters. The molecule has 6 nitrogen and oxygen atoms in total. The van der Waals surface area contributed by atoms with Gasteiger partial charge in [0.15, 0.2) is 11.5 Å². The van der Waals surface area contributed by atoms with E-state index in [1.54, 1.807) is 0 Å². The second-order valence-electron chi connectivity index (χ2n) is 5.73. The number of alkyl halides is 2. The monoisotopic (exact) mass is 380 g/mol. The lowest BCUT2D eigenvalue weighted by atomic mass is 10.1. The Hall–Kier alpha value is -2.87. The zero-order valence-corrected chi connectivity index (χ0v) is 15.1. The van der Waals surface area contributed by atoms with Crippen molar-refractivity contribution in [2.45, 2.75) is 12.5 Å². The third-order valence-corrected chi connectivity index (χ3v) is 3.76. The zero-order valence-electron chi connectivity index (χ0n) is 15.1. The van der Waals surface area contributed by atoms with Crippen LogP contribution >= 0.6 is 0 Å². The number of hydrogen-bond donors (Lipinski definition) is 2. The van der Waals surface area contributed by atoms with Gasteiger partial charge in [0, 0.05) is 5.56 Å². The molecule has 146 valence electrons. The molecule has 0 radical (unpaired) electrons. The van der Waals surface area contributed by atoms with Gasteiger partial charge in [0.25, 0.3) is 11.8 Å². The SMILES string of the molecule is COc1cc(C(=O)NCC(F)(F)CN)cc(OC)c1OCc1ccccc1. The number of amides is 1. The maximum absolute atomic E-state index is 13.2. The van der Waals surface area contributed by atoms with Crippen LogP contribution in [0.4, 0.5) is 8.78 Å². The summed E-state index contributed by atoms with van der Waals surface area (Å²) >= 11 is 0. The average molecular weight is 380 g/mol. The maximum Gasteiger partial charge on any atom is 0.277 e. The first-order valence-electron chi connectivity index (χ1n) is 8.19. The van der Waals surface area contributed by atoms with E-state index in [0.717, 1.165) is 5.56 Å². The Bertz CT molecular complexity index is 745. The van der Waals surface area contributed by atoms with Crippen LogP contribution in [0, 0.1) is 0 Å². The van der Waals surface area contributed by atoms with Gasteiger partial charge in [-0.2, -0.15) is 0 Å². The Kier molecular flexibility index (Phi) is 6.95. The van der Waals surface area contributed by atoms with Gasteiger partial charge in [0.05, 0.1) is 27.3 Å². The highest BCUT2D eigenvalue weighted by atomic mass is 19.3. The molecule has 2 aromatic carbocycles. The topological polar surface area (TPSA) is 82.8 Å². The van der Waals surface area contributed by atoms with Crippen molar-refractivity contribution >= 4 is 5.91 Å². The summed E-state index contributed by atoms with van der Waals surface area (Å²) in [6.07, 6.45) is 0. The van der Waals surface area contributed by atoms with E-state index in [4.69, 9.17) is 19.9 Å². The van der Waals surface area contributed by atoms with E-state index in [1.165, 1.54) is 26.4 Å². The van der Waals surface area contributed by atoms with Gasteiger partial charge in [-0.15, -0.1) is 0 Å². The largest absolute Gasteiger partial charge is 0.493 e. The summed E-state index contributed by atoms with van der Waals surface area (Å²) < 4.78 is 42.8. The van der Waals surface area contributed by atoms with Gasteiger partial charge in [0.2, 0.25) is 5.75 Å². The van der Waals surface area contributed by atoms with E-state index in [9.17, 15) is 13.6 Å². The Balaban J connectivity index is 2.20. The molecule has 0 aliphatic rings. The van der Waals surface area contributed by atoms with Crippen molar-refractivity contribution in [3.05, 3.63) is 53.6 Å². The van der Waals surface area contributed by atoms with E-state index in [2.05, 4.69) is 5.32 Å². The average Bonchev–Trinajstić information content (AvgIpc) is 2.70. The minimum absolute atomic E-state index is 0.101. The molecule has 0 aromatic heterocycles. The molecule has 2 rings (SSSR count). The molecule has 0 aliphatic carbocycles. The predicted octanol–water partition coefficient (Wildman–Crippen LogP) is 2.61. The molecule has 0 fully saturated rings. The highest BCUT2D eigenvalue weighted by molar-refractivity contribution is 5.95. The van der Waals surface area contributed by atoms with Crippen LogP contribution in [0.1, 0.15) is 15.9 Å². The Morgan fingerprint density at radius 2 is 1.70 bits per heavy atom. The second kappa shape index (κ2) is 9.18. The van der Waals surface area contributed by atoms with E-state index < -0.39 is 24.9 Å². The molecule has 0 saturated heterocycles. The summed E-state index contributed by atoms with van der Waals surface area (Å²) in [5, 5.41) is 2.15. The molecular weight excluding hydrogens is 358 g/mol. The lowest BCUT2D eigenvalue weighted by molar-refractivity contribution is 0.0118. The number of rotatable bonds is 9. The fourth-order valence-electron chi connectivity index (χ4n) is 2.27. The second-order valence-corrected chi connectivity index (χ2v) is 5.73. The fraction of sp³-hybridized carbons (Fsp3) is 0.316. The van der Waals surface area contributed by atoms with Crippen LogP contribution in [0.3, 0.4) is 0 Å². The van der Waals surface area contributed by atoms with Gasteiger partial charge >= 0.3 is 0 Å². The molecule has 3 N–H and O–H groups in total. The summed E-state index contributed by atoms with van der Waals surface area (Å²) in [6.45, 7) is -1.45. The smallest absolute Gasteiger partial charge is 0.277 e. The highest BCUT2D eigenvalue weighted by Crippen LogP contribution is 2.39. The predicted molar refractivity (Wildman–Crippen MR) is 96.7 cm³/mol. The van der Waals surface area contributed by atoms with E-state index in [1.807, 2.05) is 30.3 Å². The van der Waals surface area contributed by atoms with Crippen molar-refractivity contribution in [2.24, 2.45) is 5.73 Å². The zero-order chi connectivity index (χ0) is 19.9. The summed E-state index contributed by atoms with van der Waals surface area (Å²) in [6, 6.07) is 12.3. The summed E-state index contributed by atoms with van der Waals surface area (Å²) in [4.78, 5) is 12.2. The van der Waals surface area contributed by atoms with Gasteiger partial charge in [-0.25, -0.2) is 8.78 Å². The van der Waals surface area contributed by atoms with E-state index in [-0.39, 0.29) is 23.7 Å². The third kappa shape index (κ3) is 5.55. The van der Waals surface area contributed by atoms with Crippen molar-refractivity contribution in [3.8, 4) is 17.2 Å². The van der Waals surface area contributed by atoms with Crippen molar-refractivity contribution in [1.82, 2.24) is 5.32 Å². The lowest BCUT2D eigenvalue weighted by Crippen LogP contribution is -2.41. The van der Waals surface area contributed by atoms with Crippen molar-refractivity contribution < 1.29 is 27.8 Å². The number of carbonyl (C=O) groups is 1. The molecule has 1 amide bonds. The quantitative estimate of drug-likeness (QED) is 0.699. The van der Waals surface area contributed by atoms with Crippen molar-refractivity contribution in [1.29, 1.82) is 0 Å². The Labute approximate surface area is 156 Å². The molecule has 27 heavy (non-hydrogen) atoms. The number of methoxy groups -OCH3 is 2. The molecule has 0 aliphatic heterocycles. The van der Waals surface area contributed by atoms with Crippen LogP contribution in [-0.4, -0.2) is 39.1 Å². The normalized spacial score (nSPS) is 11.0. The Morgan fingerprint density at radius 1 is 1.11 bits per heavy atom. The van der Waals surface area contributed by atoms with Gasteiger partial charge in [-0.05, 0) is 17.7 Å². The van der Waals surface area contributed by atoms with Gasteiger partial charge in [-0.1, -0.05) is 30.3 Å². The summed E-state index contributed by atoms with van der Waals surface area (Å²) in [7, 11) is 2.82.